The van der Waals surface area contributed by atoms with E-state index >= 15 is 0 Å². The molecule has 8 heteroatoms. The van der Waals surface area contributed by atoms with Gasteiger partial charge in [0.1, 0.15) is 0 Å². The van der Waals surface area contributed by atoms with Crippen LogP contribution < -0.4 is 15.5 Å². The monoisotopic (exact) mass is 389 g/mol. The van der Waals surface area contributed by atoms with Crippen LogP contribution in [0.25, 0.3) is 11.4 Å². The third-order valence-electron chi connectivity index (χ3n) is 5.38. The SMILES string of the molecule is O=C(NCC1CCNC1)C1CCN(c2nc(-c3ccc(Cl)cc3)no2)CC1. The number of benzene rings is 1. The van der Waals surface area contributed by atoms with E-state index in [2.05, 4.69) is 25.7 Å². The summed E-state index contributed by atoms with van der Waals surface area (Å²) in [5.74, 6) is 1.36. The average molecular weight is 390 g/mol. The van der Waals surface area contributed by atoms with Gasteiger partial charge in [-0.1, -0.05) is 16.8 Å². The van der Waals surface area contributed by atoms with Crippen LogP contribution >= 0.6 is 11.6 Å². The first-order valence-corrected chi connectivity index (χ1v) is 9.90. The molecule has 0 spiro atoms. The summed E-state index contributed by atoms with van der Waals surface area (Å²) < 4.78 is 5.42. The molecule has 4 rings (SSSR count). The summed E-state index contributed by atoms with van der Waals surface area (Å²) in [7, 11) is 0. The third-order valence-corrected chi connectivity index (χ3v) is 5.63. The highest BCUT2D eigenvalue weighted by Crippen LogP contribution is 2.25. The molecule has 2 aliphatic heterocycles. The first kappa shape index (κ1) is 18.3. The van der Waals surface area contributed by atoms with Crippen LogP contribution in [0.15, 0.2) is 28.8 Å². The topological polar surface area (TPSA) is 83.3 Å². The number of carbonyl (C=O) groups excluding carboxylic acids is 1. The fraction of sp³-hybridized carbons (Fsp3) is 0.526. The molecule has 3 heterocycles. The lowest BCUT2D eigenvalue weighted by atomic mass is 9.96. The zero-order valence-electron chi connectivity index (χ0n) is 15.2. The Morgan fingerprint density at radius 3 is 2.74 bits per heavy atom. The second-order valence-corrected chi connectivity index (χ2v) is 7.71. The summed E-state index contributed by atoms with van der Waals surface area (Å²) in [6.45, 7) is 4.32. The van der Waals surface area contributed by atoms with Gasteiger partial charge in [0, 0.05) is 36.1 Å². The van der Waals surface area contributed by atoms with Crippen molar-refractivity contribution < 1.29 is 9.32 Å². The van der Waals surface area contributed by atoms with Crippen LogP contribution in [0.4, 0.5) is 6.01 Å². The number of hydrogen-bond donors (Lipinski definition) is 2. The van der Waals surface area contributed by atoms with Gasteiger partial charge in [0.25, 0.3) is 0 Å². The van der Waals surface area contributed by atoms with Crippen LogP contribution in [0.3, 0.4) is 0 Å². The predicted octanol–water partition coefficient (Wildman–Crippen LogP) is 2.33. The summed E-state index contributed by atoms with van der Waals surface area (Å²) in [6.07, 6.45) is 2.74. The van der Waals surface area contributed by atoms with Crippen molar-refractivity contribution in [2.24, 2.45) is 11.8 Å². The van der Waals surface area contributed by atoms with E-state index in [-0.39, 0.29) is 11.8 Å². The lowest BCUT2D eigenvalue weighted by Gasteiger charge is -2.29. The Bertz CT molecular complexity index is 765. The average Bonchev–Trinajstić information content (AvgIpc) is 3.39. The minimum absolute atomic E-state index is 0.0641. The second-order valence-electron chi connectivity index (χ2n) is 7.27. The van der Waals surface area contributed by atoms with Gasteiger partial charge in [-0.25, -0.2) is 0 Å². The quantitative estimate of drug-likeness (QED) is 0.816. The Balaban J connectivity index is 1.29. The third kappa shape index (κ3) is 4.42. The van der Waals surface area contributed by atoms with Crippen LogP contribution in [-0.4, -0.2) is 48.8 Å². The first-order chi connectivity index (χ1) is 13.2. The van der Waals surface area contributed by atoms with E-state index < -0.39 is 0 Å². The Morgan fingerprint density at radius 1 is 1.26 bits per heavy atom. The van der Waals surface area contributed by atoms with Gasteiger partial charge in [-0.3, -0.25) is 4.79 Å². The van der Waals surface area contributed by atoms with Crippen molar-refractivity contribution in [1.29, 1.82) is 0 Å². The number of halogens is 1. The minimum Gasteiger partial charge on any atom is -0.356 e. The molecule has 0 bridgehead atoms. The largest absolute Gasteiger partial charge is 0.356 e. The molecule has 2 fully saturated rings. The van der Waals surface area contributed by atoms with Crippen molar-refractivity contribution in [3.8, 4) is 11.4 Å². The normalized spacial score (nSPS) is 20.8. The lowest BCUT2D eigenvalue weighted by Crippen LogP contribution is -2.42. The number of carbonyl (C=O) groups is 1. The van der Waals surface area contributed by atoms with Gasteiger partial charge in [0.15, 0.2) is 0 Å². The summed E-state index contributed by atoms with van der Waals surface area (Å²) in [5, 5.41) is 11.2. The van der Waals surface area contributed by atoms with Crippen molar-refractivity contribution in [2.75, 3.05) is 37.6 Å². The molecule has 0 radical (unpaired) electrons. The summed E-state index contributed by atoms with van der Waals surface area (Å²) in [6, 6.07) is 7.86. The van der Waals surface area contributed by atoms with Crippen LogP contribution in [0, 0.1) is 11.8 Å². The summed E-state index contributed by atoms with van der Waals surface area (Å²) in [5.41, 5.74) is 0.866. The molecule has 27 heavy (non-hydrogen) atoms. The molecule has 2 aliphatic rings. The molecule has 2 aromatic rings. The molecule has 2 saturated heterocycles. The molecular weight excluding hydrogens is 366 g/mol. The van der Waals surface area contributed by atoms with Crippen molar-refractivity contribution in [3.63, 3.8) is 0 Å². The zero-order valence-corrected chi connectivity index (χ0v) is 15.9. The Kier molecular flexibility index (Phi) is 5.59. The van der Waals surface area contributed by atoms with E-state index in [9.17, 15) is 4.79 Å². The fourth-order valence-electron chi connectivity index (χ4n) is 3.67. The Hall–Kier alpha value is -2.12. The smallest absolute Gasteiger partial charge is 0.324 e. The van der Waals surface area contributed by atoms with Gasteiger partial charge in [-0.15, -0.1) is 0 Å². The van der Waals surface area contributed by atoms with Crippen molar-refractivity contribution in [3.05, 3.63) is 29.3 Å². The number of nitrogens with one attached hydrogen (secondary N) is 2. The second kappa shape index (κ2) is 8.27. The molecule has 1 unspecified atom stereocenters. The number of rotatable bonds is 5. The fourth-order valence-corrected chi connectivity index (χ4v) is 3.80. The van der Waals surface area contributed by atoms with Crippen molar-refractivity contribution in [2.45, 2.75) is 19.3 Å². The molecule has 0 aliphatic carbocycles. The number of piperidine rings is 1. The number of aromatic nitrogens is 2. The summed E-state index contributed by atoms with van der Waals surface area (Å²) in [4.78, 5) is 18.9. The van der Waals surface area contributed by atoms with Crippen molar-refractivity contribution in [1.82, 2.24) is 20.8 Å². The van der Waals surface area contributed by atoms with Crippen LogP contribution in [0.5, 0.6) is 0 Å². The maximum Gasteiger partial charge on any atom is 0.324 e. The molecule has 1 aromatic heterocycles. The number of hydrogen-bond acceptors (Lipinski definition) is 6. The molecular formula is C19H24ClN5O2. The van der Waals surface area contributed by atoms with E-state index in [0.717, 1.165) is 57.5 Å². The lowest BCUT2D eigenvalue weighted by molar-refractivity contribution is -0.125. The maximum absolute atomic E-state index is 12.4. The minimum atomic E-state index is 0.0641. The number of amides is 1. The number of nitrogens with zero attached hydrogens (tertiary/aromatic N) is 3. The van der Waals surface area contributed by atoms with Gasteiger partial charge in [-0.2, -0.15) is 4.98 Å². The van der Waals surface area contributed by atoms with E-state index in [0.29, 0.717) is 22.8 Å². The van der Waals surface area contributed by atoms with Crippen molar-refractivity contribution >= 4 is 23.5 Å². The standard InChI is InChI=1S/C19H24ClN5O2/c20-16-3-1-14(2-4-16)17-23-19(27-24-17)25-9-6-15(7-10-25)18(26)22-12-13-5-8-21-11-13/h1-4,13,15,21H,5-12H2,(H,22,26). The Morgan fingerprint density at radius 2 is 2.04 bits per heavy atom. The highest BCUT2D eigenvalue weighted by Gasteiger charge is 2.28. The van der Waals surface area contributed by atoms with Gasteiger partial charge in [0.2, 0.25) is 11.7 Å². The molecule has 1 aromatic carbocycles. The van der Waals surface area contributed by atoms with E-state index in [1.165, 1.54) is 0 Å². The van der Waals surface area contributed by atoms with E-state index in [4.69, 9.17) is 16.1 Å². The molecule has 2 N–H and O–H groups in total. The first-order valence-electron chi connectivity index (χ1n) is 9.52. The Labute approximate surface area is 163 Å². The van der Waals surface area contributed by atoms with Crippen LogP contribution in [0.2, 0.25) is 5.02 Å². The molecule has 1 amide bonds. The van der Waals surface area contributed by atoms with E-state index in [1.54, 1.807) is 12.1 Å². The van der Waals surface area contributed by atoms with Gasteiger partial charge in [-0.05, 0) is 62.5 Å². The van der Waals surface area contributed by atoms with Crippen LogP contribution in [-0.2, 0) is 4.79 Å². The maximum atomic E-state index is 12.4. The highest BCUT2D eigenvalue weighted by molar-refractivity contribution is 6.30. The molecule has 0 saturated carbocycles. The molecule has 1 atom stereocenters. The predicted molar refractivity (Wildman–Crippen MR) is 104 cm³/mol. The zero-order chi connectivity index (χ0) is 18.6. The number of anilines is 1. The molecule has 7 nitrogen and oxygen atoms in total. The van der Waals surface area contributed by atoms with Gasteiger partial charge >= 0.3 is 6.01 Å². The van der Waals surface area contributed by atoms with E-state index in [1.807, 2.05) is 12.1 Å². The van der Waals surface area contributed by atoms with Gasteiger partial charge < -0.3 is 20.1 Å². The van der Waals surface area contributed by atoms with Gasteiger partial charge in [0.05, 0.1) is 0 Å². The van der Waals surface area contributed by atoms with Crippen LogP contribution in [0.1, 0.15) is 19.3 Å². The summed E-state index contributed by atoms with van der Waals surface area (Å²) >= 11 is 5.92. The highest BCUT2D eigenvalue weighted by atomic mass is 35.5. The molecule has 144 valence electrons.